The van der Waals surface area contributed by atoms with Gasteiger partial charge in [-0.05, 0) is 37.0 Å². The van der Waals surface area contributed by atoms with Crippen LogP contribution in [0, 0.1) is 5.92 Å². The van der Waals surface area contributed by atoms with Crippen LogP contribution < -0.4 is 10.2 Å². The van der Waals surface area contributed by atoms with Crippen molar-refractivity contribution in [2.45, 2.75) is 19.8 Å². The Labute approximate surface area is 144 Å². The Morgan fingerprint density at radius 3 is 2.78 bits per heavy atom. The van der Waals surface area contributed by atoms with Gasteiger partial charge in [0.25, 0.3) is 5.91 Å². The summed E-state index contributed by atoms with van der Waals surface area (Å²) in [4.78, 5) is 23.0. The minimum Gasteiger partial charge on any atom is -0.356 e. The first-order valence-electron chi connectivity index (χ1n) is 7.76. The second kappa shape index (κ2) is 7.08. The largest absolute Gasteiger partial charge is 0.356 e. The van der Waals surface area contributed by atoms with E-state index in [1.807, 2.05) is 18.2 Å². The van der Waals surface area contributed by atoms with Gasteiger partial charge in [0.15, 0.2) is 0 Å². The van der Waals surface area contributed by atoms with Gasteiger partial charge in [-0.25, -0.2) is 9.97 Å². The number of anilines is 2. The van der Waals surface area contributed by atoms with Gasteiger partial charge in [0.05, 0.1) is 0 Å². The Kier molecular flexibility index (Phi) is 4.91. The van der Waals surface area contributed by atoms with Crippen LogP contribution in [0.25, 0.3) is 0 Å². The Morgan fingerprint density at radius 1 is 1.26 bits per heavy atom. The summed E-state index contributed by atoms with van der Waals surface area (Å²) in [6, 6.07) is 9.11. The van der Waals surface area contributed by atoms with E-state index in [-0.39, 0.29) is 5.91 Å². The number of nitrogens with zero attached hydrogens (tertiary/aromatic N) is 3. The molecular formula is C17H19BrN4O. The molecule has 0 atom stereocenters. The van der Waals surface area contributed by atoms with Gasteiger partial charge < -0.3 is 10.2 Å². The average molecular weight is 375 g/mol. The fourth-order valence-corrected chi connectivity index (χ4v) is 3.04. The van der Waals surface area contributed by atoms with E-state index in [0.717, 1.165) is 29.3 Å². The van der Waals surface area contributed by atoms with E-state index in [1.54, 1.807) is 12.1 Å². The molecule has 120 valence electrons. The summed E-state index contributed by atoms with van der Waals surface area (Å²) in [5, 5.41) is 2.84. The van der Waals surface area contributed by atoms with Crippen LogP contribution in [0.1, 0.15) is 30.1 Å². The number of benzene rings is 1. The SMILES string of the molecule is CC1CCN(c2cc(NC(=O)c3cccc(Br)c3)ncn2)CC1. The molecule has 0 saturated carbocycles. The molecule has 3 rings (SSSR count). The smallest absolute Gasteiger partial charge is 0.256 e. The van der Waals surface area contributed by atoms with Gasteiger partial charge in [-0.2, -0.15) is 0 Å². The van der Waals surface area contributed by atoms with Gasteiger partial charge in [0.2, 0.25) is 0 Å². The average Bonchev–Trinajstić information content (AvgIpc) is 2.56. The van der Waals surface area contributed by atoms with Crippen molar-refractivity contribution >= 4 is 33.5 Å². The highest BCUT2D eigenvalue weighted by atomic mass is 79.9. The van der Waals surface area contributed by atoms with Gasteiger partial charge >= 0.3 is 0 Å². The summed E-state index contributed by atoms with van der Waals surface area (Å²) in [6.07, 6.45) is 3.84. The Hall–Kier alpha value is -1.95. The maximum absolute atomic E-state index is 12.3. The zero-order valence-electron chi connectivity index (χ0n) is 13.0. The highest BCUT2D eigenvalue weighted by Crippen LogP contribution is 2.22. The molecule has 5 nitrogen and oxygen atoms in total. The van der Waals surface area contributed by atoms with Crippen LogP contribution in [0.2, 0.25) is 0 Å². The van der Waals surface area contributed by atoms with Crippen molar-refractivity contribution in [2.75, 3.05) is 23.3 Å². The van der Waals surface area contributed by atoms with Crippen LogP contribution in [0.15, 0.2) is 41.1 Å². The van der Waals surface area contributed by atoms with Crippen molar-refractivity contribution in [2.24, 2.45) is 5.92 Å². The van der Waals surface area contributed by atoms with Gasteiger partial charge in [-0.15, -0.1) is 0 Å². The van der Waals surface area contributed by atoms with E-state index in [1.165, 1.54) is 19.2 Å². The molecule has 0 unspecified atom stereocenters. The lowest BCUT2D eigenvalue weighted by atomic mass is 9.99. The monoisotopic (exact) mass is 374 g/mol. The second-order valence-electron chi connectivity index (χ2n) is 5.90. The number of hydrogen-bond acceptors (Lipinski definition) is 4. The van der Waals surface area contributed by atoms with Crippen molar-refractivity contribution < 1.29 is 4.79 Å². The maximum Gasteiger partial charge on any atom is 0.256 e. The van der Waals surface area contributed by atoms with Gasteiger partial charge in [-0.1, -0.05) is 28.9 Å². The molecule has 1 N–H and O–H groups in total. The number of piperidine rings is 1. The second-order valence-corrected chi connectivity index (χ2v) is 6.81. The number of carbonyl (C=O) groups is 1. The summed E-state index contributed by atoms with van der Waals surface area (Å²) in [5.74, 6) is 1.99. The molecule has 0 bridgehead atoms. The summed E-state index contributed by atoms with van der Waals surface area (Å²) in [5.41, 5.74) is 0.589. The van der Waals surface area contributed by atoms with E-state index in [2.05, 4.69) is 43.0 Å². The number of hydrogen-bond donors (Lipinski definition) is 1. The molecule has 1 fully saturated rings. The van der Waals surface area contributed by atoms with Crippen LogP contribution in [0.5, 0.6) is 0 Å². The molecule has 0 spiro atoms. The lowest BCUT2D eigenvalue weighted by Gasteiger charge is -2.31. The summed E-state index contributed by atoms with van der Waals surface area (Å²) >= 11 is 3.37. The number of rotatable bonds is 3. The number of aromatic nitrogens is 2. The van der Waals surface area contributed by atoms with Crippen LogP contribution in [-0.2, 0) is 0 Å². The van der Waals surface area contributed by atoms with Crippen molar-refractivity contribution in [1.29, 1.82) is 0 Å². The zero-order chi connectivity index (χ0) is 16.2. The maximum atomic E-state index is 12.3. The quantitative estimate of drug-likeness (QED) is 0.888. The third kappa shape index (κ3) is 4.07. The Bertz CT molecular complexity index is 698. The molecule has 0 radical (unpaired) electrons. The third-order valence-electron chi connectivity index (χ3n) is 4.09. The molecule has 2 aromatic rings. The molecule has 1 aliphatic heterocycles. The standard InChI is InChI=1S/C17H19BrN4O/c1-12-5-7-22(8-6-12)16-10-15(19-11-20-16)21-17(23)13-3-2-4-14(18)9-13/h2-4,9-12H,5-8H2,1H3,(H,19,20,21,23). The summed E-state index contributed by atoms with van der Waals surface area (Å²) < 4.78 is 0.871. The van der Waals surface area contributed by atoms with Gasteiger partial charge in [0, 0.05) is 29.2 Å². The first kappa shape index (κ1) is 15.9. The Balaban J connectivity index is 1.71. The number of amides is 1. The predicted molar refractivity (Wildman–Crippen MR) is 94.7 cm³/mol. The molecule has 1 aliphatic rings. The summed E-state index contributed by atoms with van der Waals surface area (Å²) in [6.45, 7) is 4.27. The third-order valence-corrected chi connectivity index (χ3v) is 4.58. The molecule has 23 heavy (non-hydrogen) atoms. The minimum absolute atomic E-state index is 0.178. The molecule has 1 saturated heterocycles. The lowest BCUT2D eigenvalue weighted by molar-refractivity contribution is 0.102. The topological polar surface area (TPSA) is 58.1 Å². The van der Waals surface area contributed by atoms with E-state index in [9.17, 15) is 4.79 Å². The fraction of sp³-hybridized carbons (Fsp3) is 0.353. The first-order chi connectivity index (χ1) is 11.1. The van der Waals surface area contributed by atoms with Crippen LogP contribution >= 0.6 is 15.9 Å². The van der Waals surface area contributed by atoms with Crippen LogP contribution in [-0.4, -0.2) is 29.0 Å². The predicted octanol–water partition coefficient (Wildman–Crippen LogP) is 3.73. The highest BCUT2D eigenvalue weighted by molar-refractivity contribution is 9.10. The molecule has 2 heterocycles. The van der Waals surface area contributed by atoms with Crippen LogP contribution in [0.4, 0.5) is 11.6 Å². The normalized spacial score (nSPS) is 15.5. The van der Waals surface area contributed by atoms with E-state index in [4.69, 9.17) is 0 Å². The molecule has 1 amide bonds. The van der Waals surface area contributed by atoms with Crippen molar-refractivity contribution in [3.8, 4) is 0 Å². The van der Waals surface area contributed by atoms with Crippen LogP contribution in [0.3, 0.4) is 0 Å². The molecule has 1 aromatic heterocycles. The van der Waals surface area contributed by atoms with E-state index < -0.39 is 0 Å². The zero-order valence-corrected chi connectivity index (χ0v) is 14.6. The van der Waals surface area contributed by atoms with Gasteiger partial charge in [-0.3, -0.25) is 4.79 Å². The molecule has 1 aromatic carbocycles. The van der Waals surface area contributed by atoms with Crippen molar-refractivity contribution in [3.63, 3.8) is 0 Å². The summed E-state index contributed by atoms with van der Waals surface area (Å²) in [7, 11) is 0. The molecule has 0 aliphatic carbocycles. The van der Waals surface area contributed by atoms with E-state index in [0.29, 0.717) is 11.4 Å². The number of halogens is 1. The van der Waals surface area contributed by atoms with Crippen molar-refractivity contribution in [1.82, 2.24) is 9.97 Å². The van der Waals surface area contributed by atoms with Gasteiger partial charge in [0.1, 0.15) is 18.0 Å². The van der Waals surface area contributed by atoms with E-state index >= 15 is 0 Å². The fourth-order valence-electron chi connectivity index (χ4n) is 2.64. The minimum atomic E-state index is -0.178. The number of nitrogens with one attached hydrogen (secondary N) is 1. The van der Waals surface area contributed by atoms with Crippen molar-refractivity contribution in [3.05, 3.63) is 46.7 Å². The lowest BCUT2D eigenvalue weighted by Crippen LogP contribution is -2.33. The number of carbonyl (C=O) groups excluding carboxylic acids is 1. The molecule has 6 heteroatoms. The first-order valence-corrected chi connectivity index (χ1v) is 8.55. The highest BCUT2D eigenvalue weighted by Gasteiger charge is 2.17. The molecular weight excluding hydrogens is 356 g/mol. The Morgan fingerprint density at radius 2 is 2.04 bits per heavy atom.